The van der Waals surface area contributed by atoms with E-state index in [2.05, 4.69) is 0 Å². The van der Waals surface area contributed by atoms with Gasteiger partial charge >= 0.3 is 0 Å². The summed E-state index contributed by atoms with van der Waals surface area (Å²) in [6, 6.07) is 0. The lowest BCUT2D eigenvalue weighted by molar-refractivity contribution is -0.142. The van der Waals surface area contributed by atoms with Crippen LogP contribution in [0.25, 0.3) is 0 Å². The fourth-order valence-corrected chi connectivity index (χ4v) is 3.28. The zero-order chi connectivity index (χ0) is 14.0. The molecule has 19 heavy (non-hydrogen) atoms. The van der Waals surface area contributed by atoms with E-state index < -0.39 is 5.41 Å². The van der Waals surface area contributed by atoms with Crippen molar-refractivity contribution in [2.45, 2.75) is 51.9 Å². The Labute approximate surface area is 119 Å². The van der Waals surface area contributed by atoms with Crippen molar-refractivity contribution < 1.29 is 9.59 Å². The van der Waals surface area contributed by atoms with Gasteiger partial charge in [0.2, 0.25) is 11.8 Å². The van der Waals surface area contributed by atoms with Gasteiger partial charge in [0.15, 0.2) is 0 Å². The van der Waals surface area contributed by atoms with Gasteiger partial charge in [-0.25, -0.2) is 0 Å². The van der Waals surface area contributed by atoms with Crippen molar-refractivity contribution >= 4 is 29.0 Å². The lowest BCUT2D eigenvalue weighted by Crippen LogP contribution is -2.40. The maximum absolute atomic E-state index is 12.6. The summed E-state index contributed by atoms with van der Waals surface area (Å²) in [7, 11) is 0. The summed E-state index contributed by atoms with van der Waals surface area (Å²) in [5, 5.41) is 0. The first-order valence-electron chi connectivity index (χ1n) is 7.10. The quantitative estimate of drug-likeness (QED) is 0.635. The largest absolute Gasteiger partial charge is 0.393 e. The number of carbonyl (C=O) groups excluding carboxylic acids is 2. The van der Waals surface area contributed by atoms with Crippen LogP contribution in [0, 0.1) is 11.3 Å². The number of nitrogens with zero attached hydrogens (tertiary/aromatic N) is 1. The van der Waals surface area contributed by atoms with Crippen molar-refractivity contribution in [2.24, 2.45) is 17.1 Å². The van der Waals surface area contributed by atoms with Gasteiger partial charge in [-0.1, -0.05) is 44.8 Å². The molecular formula is C14H22N2O2S. The summed E-state index contributed by atoms with van der Waals surface area (Å²) in [5.41, 5.74) is 5.17. The van der Waals surface area contributed by atoms with Crippen molar-refractivity contribution in [3.05, 3.63) is 0 Å². The van der Waals surface area contributed by atoms with E-state index in [-0.39, 0.29) is 17.7 Å². The van der Waals surface area contributed by atoms with Crippen LogP contribution in [0.5, 0.6) is 0 Å². The van der Waals surface area contributed by atoms with Gasteiger partial charge in [-0.2, -0.15) is 0 Å². The molecule has 1 aliphatic heterocycles. The minimum absolute atomic E-state index is 0.0162. The third-order valence-corrected chi connectivity index (χ3v) is 4.89. The molecule has 2 rings (SSSR count). The van der Waals surface area contributed by atoms with Crippen LogP contribution in [0.3, 0.4) is 0 Å². The maximum Gasteiger partial charge on any atom is 0.235 e. The zero-order valence-corrected chi connectivity index (χ0v) is 12.3. The van der Waals surface area contributed by atoms with Crippen molar-refractivity contribution in [1.29, 1.82) is 0 Å². The molecule has 0 radical (unpaired) electrons. The predicted octanol–water partition coefficient (Wildman–Crippen LogP) is 2.01. The molecule has 1 saturated carbocycles. The van der Waals surface area contributed by atoms with Crippen molar-refractivity contribution in [2.75, 3.05) is 6.54 Å². The Morgan fingerprint density at radius 2 is 1.89 bits per heavy atom. The predicted molar refractivity (Wildman–Crippen MR) is 77.4 cm³/mol. The van der Waals surface area contributed by atoms with Gasteiger partial charge < -0.3 is 5.73 Å². The smallest absolute Gasteiger partial charge is 0.235 e. The number of carbonyl (C=O) groups is 2. The molecule has 1 heterocycles. The highest BCUT2D eigenvalue weighted by molar-refractivity contribution is 7.80. The number of nitrogens with two attached hydrogens (primary N) is 1. The Morgan fingerprint density at radius 3 is 2.42 bits per heavy atom. The Hall–Kier alpha value is -0.970. The average molecular weight is 282 g/mol. The molecule has 0 aromatic carbocycles. The first-order chi connectivity index (χ1) is 8.96. The van der Waals surface area contributed by atoms with Gasteiger partial charge in [0.05, 0.1) is 10.4 Å². The molecule has 0 bridgehead atoms. The summed E-state index contributed by atoms with van der Waals surface area (Å²) in [5.74, 6) is -0.138. The molecule has 2 amide bonds. The Morgan fingerprint density at radius 1 is 1.32 bits per heavy atom. The van der Waals surface area contributed by atoms with Gasteiger partial charge in [-0.3, -0.25) is 14.5 Å². The molecule has 1 spiro atoms. The Balaban J connectivity index is 2.13. The summed E-state index contributed by atoms with van der Waals surface area (Å²) >= 11 is 4.93. The van der Waals surface area contributed by atoms with E-state index in [0.717, 1.165) is 25.7 Å². The average Bonchev–Trinajstić information content (AvgIpc) is 2.56. The first-order valence-corrected chi connectivity index (χ1v) is 7.51. The van der Waals surface area contributed by atoms with Gasteiger partial charge in [0.1, 0.15) is 0 Å². The van der Waals surface area contributed by atoms with Gasteiger partial charge in [0, 0.05) is 18.9 Å². The highest BCUT2D eigenvalue weighted by Gasteiger charge is 2.50. The third kappa shape index (κ3) is 2.81. The number of amides is 2. The standard InChI is InChI=1S/C14H22N2O2S/c1-10(12(15)19)9-16-11(17)8-14(13(16)18)6-4-2-3-5-7-14/h10H,2-9H2,1H3,(H2,15,19). The van der Waals surface area contributed by atoms with E-state index in [4.69, 9.17) is 18.0 Å². The van der Waals surface area contributed by atoms with Crippen LogP contribution in [0.1, 0.15) is 51.9 Å². The summed E-state index contributed by atoms with van der Waals surface area (Å²) in [4.78, 5) is 26.5. The number of hydrogen-bond donors (Lipinski definition) is 1. The summed E-state index contributed by atoms with van der Waals surface area (Å²) < 4.78 is 0. The molecule has 2 aliphatic rings. The second-order valence-corrected chi connectivity index (χ2v) is 6.46. The molecule has 1 atom stereocenters. The second-order valence-electron chi connectivity index (χ2n) is 5.98. The van der Waals surface area contributed by atoms with E-state index in [1.807, 2.05) is 6.92 Å². The number of hydrogen-bond acceptors (Lipinski definition) is 3. The fourth-order valence-electron chi connectivity index (χ4n) is 3.20. The molecule has 1 saturated heterocycles. The zero-order valence-electron chi connectivity index (χ0n) is 11.5. The summed E-state index contributed by atoms with van der Waals surface area (Å²) in [6.07, 6.45) is 6.55. The van der Waals surface area contributed by atoms with Crippen molar-refractivity contribution in [3.63, 3.8) is 0 Å². The van der Waals surface area contributed by atoms with Gasteiger partial charge in [-0.15, -0.1) is 0 Å². The molecule has 5 heteroatoms. The van der Waals surface area contributed by atoms with Gasteiger partial charge in [-0.05, 0) is 12.8 Å². The molecule has 4 nitrogen and oxygen atoms in total. The van der Waals surface area contributed by atoms with Crippen LogP contribution >= 0.6 is 12.2 Å². The van der Waals surface area contributed by atoms with Crippen LogP contribution in [-0.2, 0) is 9.59 Å². The van der Waals surface area contributed by atoms with E-state index >= 15 is 0 Å². The minimum Gasteiger partial charge on any atom is -0.393 e. The third-order valence-electron chi connectivity index (χ3n) is 4.49. The highest BCUT2D eigenvalue weighted by Crippen LogP contribution is 2.44. The van der Waals surface area contributed by atoms with Crippen LogP contribution in [0.15, 0.2) is 0 Å². The minimum atomic E-state index is -0.413. The molecule has 1 aliphatic carbocycles. The maximum atomic E-state index is 12.6. The van der Waals surface area contributed by atoms with E-state index in [9.17, 15) is 9.59 Å². The van der Waals surface area contributed by atoms with Gasteiger partial charge in [0.25, 0.3) is 0 Å². The van der Waals surface area contributed by atoms with Crippen molar-refractivity contribution in [1.82, 2.24) is 4.90 Å². The molecule has 0 aromatic heterocycles. The molecule has 1 unspecified atom stereocenters. The number of thiocarbonyl (C=S) groups is 1. The molecule has 2 fully saturated rings. The summed E-state index contributed by atoms with van der Waals surface area (Å²) in [6.45, 7) is 2.20. The Kier molecular flexibility index (Phi) is 4.23. The number of likely N-dealkylation sites (tertiary alicyclic amines) is 1. The first kappa shape index (κ1) is 14.4. The van der Waals surface area contributed by atoms with Crippen LogP contribution in [0.4, 0.5) is 0 Å². The van der Waals surface area contributed by atoms with E-state index in [1.54, 1.807) is 0 Å². The molecule has 0 aromatic rings. The molecule has 106 valence electrons. The fraction of sp³-hybridized carbons (Fsp3) is 0.786. The van der Waals surface area contributed by atoms with E-state index in [0.29, 0.717) is 18.0 Å². The SMILES string of the molecule is CC(CN1C(=O)CC2(CCCCCC2)C1=O)C(N)=S. The van der Waals surface area contributed by atoms with E-state index in [1.165, 1.54) is 17.7 Å². The van der Waals surface area contributed by atoms with Crippen molar-refractivity contribution in [3.8, 4) is 0 Å². The Bertz CT molecular complexity index is 400. The molecule has 2 N–H and O–H groups in total. The second kappa shape index (κ2) is 5.57. The normalized spacial score (nSPS) is 24.6. The topological polar surface area (TPSA) is 63.4 Å². The lowest BCUT2D eigenvalue weighted by Gasteiger charge is -2.26. The van der Waals surface area contributed by atoms with Crippen LogP contribution in [0.2, 0.25) is 0 Å². The lowest BCUT2D eigenvalue weighted by atomic mass is 9.79. The number of imide groups is 1. The molecular weight excluding hydrogens is 260 g/mol. The van der Waals surface area contributed by atoms with Crippen LogP contribution < -0.4 is 5.73 Å². The highest BCUT2D eigenvalue weighted by atomic mass is 32.1. The monoisotopic (exact) mass is 282 g/mol. The van der Waals surface area contributed by atoms with Crippen LogP contribution in [-0.4, -0.2) is 28.2 Å². The number of rotatable bonds is 3.